The summed E-state index contributed by atoms with van der Waals surface area (Å²) in [5.41, 5.74) is 9.40. The SMILES string of the molecule is Cc1cccc(Nc2ncnc(Nc3ccc(C(=O)O)cc3)c2N)c1. The van der Waals surface area contributed by atoms with E-state index in [0.717, 1.165) is 11.3 Å². The zero-order valence-electron chi connectivity index (χ0n) is 13.5. The van der Waals surface area contributed by atoms with Crippen molar-refractivity contribution in [2.24, 2.45) is 0 Å². The van der Waals surface area contributed by atoms with Crippen LogP contribution in [0.2, 0.25) is 0 Å². The Morgan fingerprint density at radius 3 is 2.24 bits per heavy atom. The van der Waals surface area contributed by atoms with Crippen LogP contribution in [0.25, 0.3) is 0 Å². The first-order chi connectivity index (χ1) is 12.0. The Bertz CT molecular complexity index is 910. The summed E-state index contributed by atoms with van der Waals surface area (Å²) in [7, 11) is 0. The van der Waals surface area contributed by atoms with Gasteiger partial charge in [-0.25, -0.2) is 14.8 Å². The van der Waals surface area contributed by atoms with E-state index in [4.69, 9.17) is 10.8 Å². The molecule has 2 aromatic carbocycles. The van der Waals surface area contributed by atoms with Crippen molar-refractivity contribution in [2.75, 3.05) is 16.4 Å². The predicted molar refractivity (Wildman–Crippen MR) is 97.6 cm³/mol. The molecule has 0 aliphatic heterocycles. The van der Waals surface area contributed by atoms with E-state index in [1.54, 1.807) is 12.1 Å². The van der Waals surface area contributed by atoms with Gasteiger partial charge in [0.15, 0.2) is 11.6 Å². The highest BCUT2D eigenvalue weighted by atomic mass is 16.4. The lowest BCUT2D eigenvalue weighted by Crippen LogP contribution is -2.05. The van der Waals surface area contributed by atoms with Gasteiger partial charge in [0.05, 0.1) is 5.56 Å². The minimum atomic E-state index is -0.974. The number of carboxylic acid groups (broad SMARTS) is 1. The van der Waals surface area contributed by atoms with Gasteiger partial charge in [0, 0.05) is 11.4 Å². The number of benzene rings is 2. The van der Waals surface area contributed by atoms with E-state index < -0.39 is 5.97 Å². The zero-order valence-corrected chi connectivity index (χ0v) is 13.5. The van der Waals surface area contributed by atoms with Crippen molar-refractivity contribution in [3.63, 3.8) is 0 Å². The molecule has 3 aromatic rings. The molecule has 0 spiro atoms. The Morgan fingerprint density at radius 1 is 1.00 bits per heavy atom. The lowest BCUT2D eigenvalue weighted by molar-refractivity contribution is 0.0697. The molecule has 0 saturated heterocycles. The summed E-state index contributed by atoms with van der Waals surface area (Å²) >= 11 is 0. The Balaban J connectivity index is 1.82. The first kappa shape index (κ1) is 16.3. The van der Waals surface area contributed by atoms with Gasteiger partial charge in [-0.2, -0.15) is 0 Å². The van der Waals surface area contributed by atoms with Crippen molar-refractivity contribution in [1.29, 1.82) is 0 Å². The second-order valence-corrected chi connectivity index (χ2v) is 5.49. The van der Waals surface area contributed by atoms with Crippen molar-refractivity contribution in [3.05, 3.63) is 66.0 Å². The average Bonchev–Trinajstić information content (AvgIpc) is 2.59. The molecule has 7 nitrogen and oxygen atoms in total. The first-order valence-electron chi connectivity index (χ1n) is 7.57. The van der Waals surface area contributed by atoms with Crippen LogP contribution in [0.15, 0.2) is 54.9 Å². The molecule has 0 aliphatic rings. The van der Waals surface area contributed by atoms with Crippen LogP contribution < -0.4 is 16.4 Å². The highest BCUT2D eigenvalue weighted by Gasteiger charge is 2.09. The second kappa shape index (κ2) is 6.88. The topological polar surface area (TPSA) is 113 Å². The normalized spacial score (nSPS) is 10.3. The molecule has 0 amide bonds. The van der Waals surface area contributed by atoms with E-state index in [1.165, 1.54) is 18.5 Å². The number of aromatic carboxylic acids is 1. The molecule has 126 valence electrons. The van der Waals surface area contributed by atoms with Crippen molar-refractivity contribution < 1.29 is 9.90 Å². The maximum atomic E-state index is 10.9. The van der Waals surface area contributed by atoms with Crippen molar-refractivity contribution in [3.8, 4) is 0 Å². The fourth-order valence-electron chi connectivity index (χ4n) is 2.29. The maximum absolute atomic E-state index is 10.9. The van der Waals surface area contributed by atoms with E-state index >= 15 is 0 Å². The molecular formula is C18H17N5O2. The molecule has 0 radical (unpaired) electrons. The highest BCUT2D eigenvalue weighted by Crippen LogP contribution is 2.28. The van der Waals surface area contributed by atoms with Gasteiger partial charge >= 0.3 is 5.97 Å². The van der Waals surface area contributed by atoms with Gasteiger partial charge in [-0.05, 0) is 48.9 Å². The Morgan fingerprint density at radius 2 is 1.64 bits per heavy atom. The van der Waals surface area contributed by atoms with Crippen molar-refractivity contribution in [1.82, 2.24) is 9.97 Å². The Labute approximate surface area is 144 Å². The number of nitrogens with two attached hydrogens (primary N) is 1. The highest BCUT2D eigenvalue weighted by molar-refractivity contribution is 5.88. The summed E-state index contributed by atoms with van der Waals surface area (Å²) in [5.74, 6) is -0.0452. The number of aryl methyl sites for hydroxylation is 1. The van der Waals surface area contributed by atoms with Crippen LogP contribution in [0.5, 0.6) is 0 Å². The number of hydrogen-bond donors (Lipinski definition) is 4. The molecule has 0 aliphatic carbocycles. The number of nitrogens with one attached hydrogen (secondary N) is 2. The van der Waals surface area contributed by atoms with Crippen LogP contribution in [-0.4, -0.2) is 21.0 Å². The first-order valence-corrected chi connectivity index (χ1v) is 7.57. The molecule has 1 aromatic heterocycles. The number of aromatic nitrogens is 2. The summed E-state index contributed by atoms with van der Waals surface area (Å²) in [4.78, 5) is 19.2. The van der Waals surface area contributed by atoms with E-state index in [-0.39, 0.29) is 5.56 Å². The van der Waals surface area contributed by atoms with Crippen LogP contribution >= 0.6 is 0 Å². The third-order valence-corrected chi connectivity index (χ3v) is 3.56. The van der Waals surface area contributed by atoms with E-state index in [1.807, 2.05) is 31.2 Å². The zero-order chi connectivity index (χ0) is 17.8. The predicted octanol–water partition coefficient (Wildman–Crippen LogP) is 3.55. The minimum Gasteiger partial charge on any atom is -0.478 e. The summed E-state index contributed by atoms with van der Waals surface area (Å²) in [6, 6.07) is 14.2. The number of rotatable bonds is 5. The van der Waals surface area contributed by atoms with Gasteiger partial charge in [-0.3, -0.25) is 0 Å². The van der Waals surface area contributed by atoms with Crippen molar-refractivity contribution in [2.45, 2.75) is 6.92 Å². The molecular weight excluding hydrogens is 318 g/mol. The summed E-state index contributed by atoms with van der Waals surface area (Å²) < 4.78 is 0. The third kappa shape index (κ3) is 3.84. The third-order valence-electron chi connectivity index (χ3n) is 3.56. The number of anilines is 5. The molecule has 0 unspecified atom stereocenters. The lowest BCUT2D eigenvalue weighted by Gasteiger charge is -2.13. The fraction of sp³-hybridized carbons (Fsp3) is 0.0556. The minimum absolute atomic E-state index is 0.211. The van der Waals surface area contributed by atoms with Crippen LogP contribution in [0.1, 0.15) is 15.9 Å². The molecule has 5 N–H and O–H groups in total. The Kier molecular flexibility index (Phi) is 4.47. The summed E-state index contributed by atoms with van der Waals surface area (Å²) in [5, 5.41) is 15.2. The lowest BCUT2D eigenvalue weighted by atomic mass is 10.2. The molecule has 1 heterocycles. The molecule has 25 heavy (non-hydrogen) atoms. The van der Waals surface area contributed by atoms with Crippen LogP contribution in [0.4, 0.5) is 28.7 Å². The number of hydrogen-bond acceptors (Lipinski definition) is 6. The van der Waals surface area contributed by atoms with Gasteiger partial charge in [0.25, 0.3) is 0 Å². The van der Waals surface area contributed by atoms with E-state index in [2.05, 4.69) is 20.6 Å². The van der Waals surface area contributed by atoms with E-state index in [9.17, 15) is 4.79 Å². The van der Waals surface area contributed by atoms with Crippen LogP contribution in [0, 0.1) is 6.92 Å². The van der Waals surface area contributed by atoms with Gasteiger partial charge in [-0.15, -0.1) is 0 Å². The number of nitrogen functional groups attached to an aromatic ring is 1. The smallest absolute Gasteiger partial charge is 0.335 e. The van der Waals surface area contributed by atoms with Gasteiger partial charge in [0.2, 0.25) is 0 Å². The quantitative estimate of drug-likeness (QED) is 0.564. The number of nitrogens with zero attached hydrogens (tertiary/aromatic N) is 2. The van der Waals surface area contributed by atoms with E-state index in [0.29, 0.717) is 23.0 Å². The standard InChI is InChI=1S/C18H17N5O2/c1-11-3-2-4-14(9-11)23-17-15(19)16(20-10-21-17)22-13-7-5-12(6-8-13)18(24)25/h2-10H,19H2,1H3,(H,24,25)(H2,20,21,22,23). The molecule has 0 fully saturated rings. The second-order valence-electron chi connectivity index (χ2n) is 5.49. The fourth-order valence-corrected chi connectivity index (χ4v) is 2.29. The summed E-state index contributed by atoms with van der Waals surface area (Å²) in [6.45, 7) is 2.00. The monoisotopic (exact) mass is 335 g/mol. The Hall–Kier alpha value is -3.61. The molecule has 3 rings (SSSR count). The average molecular weight is 335 g/mol. The number of carboxylic acids is 1. The van der Waals surface area contributed by atoms with Crippen LogP contribution in [-0.2, 0) is 0 Å². The molecule has 0 saturated carbocycles. The number of carbonyl (C=O) groups is 1. The van der Waals surface area contributed by atoms with Gasteiger partial charge in [0.1, 0.15) is 12.0 Å². The summed E-state index contributed by atoms with van der Waals surface area (Å²) in [6.07, 6.45) is 1.41. The van der Waals surface area contributed by atoms with Gasteiger partial charge < -0.3 is 21.5 Å². The van der Waals surface area contributed by atoms with Crippen molar-refractivity contribution >= 4 is 34.7 Å². The largest absolute Gasteiger partial charge is 0.478 e. The molecule has 7 heteroatoms. The molecule has 0 bridgehead atoms. The molecule has 0 atom stereocenters. The van der Waals surface area contributed by atoms with Crippen LogP contribution in [0.3, 0.4) is 0 Å². The van der Waals surface area contributed by atoms with Gasteiger partial charge in [-0.1, -0.05) is 12.1 Å². The maximum Gasteiger partial charge on any atom is 0.335 e.